The fraction of sp³-hybridized carbons (Fsp3) is 0.500. The quantitative estimate of drug-likeness (QED) is 0.248. The van der Waals surface area contributed by atoms with Crippen LogP contribution in [-0.2, 0) is 6.42 Å². The Morgan fingerprint density at radius 2 is 1.49 bits per heavy atom. The Labute approximate surface area is 239 Å². The summed E-state index contributed by atoms with van der Waals surface area (Å²) in [6.07, 6.45) is 6.13. The number of allylic oxidation sites excluding steroid dienone is 2. The number of hydrogen-bond donors (Lipinski definition) is 1. The molecule has 3 nitrogen and oxygen atoms in total. The van der Waals surface area contributed by atoms with E-state index in [2.05, 4.69) is 124 Å². The van der Waals surface area contributed by atoms with Crippen LogP contribution in [0.4, 0.5) is 5.69 Å². The van der Waals surface area contributed by atoms with E-state index in [1.165, 1.54) is 22.5 Å². The molecule has 3 heteroatoms. The summed E-state index contributed by atoms with van der Waals surface area (Å²) in [6, 6.07) is 21.7. The Morgan fingerprint density at radius 3 is 2.03 bits per heavy atom. The molecule has 1 aliphatic rings. The molecule has 1 saturated heterocycles. The maximum Gasteiger partial charge on any atom is 0.0681 e. The van der Waals surface area contributed by atoms with Crippen LogP contribution in [0.2, 0.25) is 0 Å². The third kappa shape index (κ3) is 7.66. The first-order valence-electron chi connectivity index (χ1n) is 14.8. The van der Waals surface area contributed by atoms with Gasteiger partial charge in [0.15, 0.2) is 0 Å². The molecule has 0 aliphatic carbocycles. The van der Waals surface area contributed by atoms with Crippen LogP contribution < -0.4 is 10.2 Å². The largest absolute Gasteiger partial charge is 0.391 e. The Bertz CT molecular complexity index is 1090. The van der Waals surface area contributed by atoms with Crippen molar-refractivity contribution in [3.8, 4) is 0 Å². The van der Waals surface area contributed by atoms with Gasteiger partial charge >= 0.3 is 0 Å². The van der Waals surface area contributed by atoms with Crippen molar-refractivity contribution in [3.05, 3.63) is 103 Å². The van der Waals surface area contributed by atoms with Gasteiger partial charge in [-0.1, -0.05) is 108 Å². The fourth-order valence-electron chi connectivity index (χ4n) is 6.73. The van der Waals surface area contributed by atoms with Crippen molar-refractivity contribution in [2.75, 3.05) is 31.6 Å². The van der Waals surface area contributed by atoms with Gasteiger partial charge in [-0.05, 0) is 61.6 Å². The number of nitrogens with one attached hydrogen (secondary N) is 1. The molecule has 0 amide bonds. The first kappa shape index (κ1) is 30.8. The lowest BCUT2D eigenvalue weighted by Gasteiger charge is -2.53. The zero-order chi connectivity index (χ0) is 28.7. The minimum atomic E-state index is -0.154. The molecule has 1 fully saturated rings. The lowest BCUT2D eigenvalue weighted by Crippen LogP contribution is -2.57. The van der Waals surface area contributed by atoms with Gasteiger partial charge in [0.1, 0.15) is 0 Å². The minimum absolute atomic E-state index is 0.00136. The van der Waals surface area contributed by atoms with Crippen molar-refractivity contribution < 1.29 is 0 Å². The number of hydrogen-bond acceptors (Lipinski definition) is 3. The third-order valence-electron chi connectivity index (χ3n) is 8.80. The zero-order valence-electron chi connectivity index (χ0n) is 25.7. The van der Waals surface area contributed by atoms with Crippen LogP contribution in [0.25, 0.3) is 0 Å². The second kappa shape index (κ2) is 13.0. The van der Waals surface area contributed by atoms with Crippen molar-refractivity contribution in [2.45, 2.75) is 78.7 Å². The van der Waals surface area contributed by atoms with Crippen LogP contribution in [0, 0.1) is 10.8 Å². The van der Waals surface area contributed by atoms with E-state index < -0.39 is 0 Å². The van der Waals surface area contributed by atoms with Gasteiger partial charge in [0, 0.05) is 49.2 Å². The molecule has 2 aromatic rings. The van der Waals surface area contributed by atoms with Crippen molar-refractivity contribution in [2.24, 2.45) is 10.8 Å². The summed E-state index contributed by atoms with van der Waals surface area (Å²) in [5, 5.41) is 3.30. The highest BCUT2D eigenvalue weighted by atomic mass is 15.3. The average molecular weight is 528 g/mol. The smallest absolute Gasteiger partial charge is 0.0681 e. The van der Waals surface area contributed by atoms with Crippen LogP contribution in [0.3, 0.4) is 0 Å². The van der Waals surface area contributed by atoms with Gasteiger partial charge in [0.25, 0.3) is 0 Å². The van der Waals surface area contributed by atoms with Gasteiger partial charge in [-0.3, -0.25) is 0 Å². The molecular formula is C36H53N3. The summed E-state index contributed by atoms with van der Waals surface area (Å²) in [7, 11) is 1.98. The average Bonchev–Trinajstić information content (AvgIpc) is 2.92. The van der Waals surface area contributed by atoms with E-state index in [0.29, 0.717) is 0 Å². The van der Waals surface area contributed by atoms with E-state index in [4.69, 9.17) is 6.58 Å². The summed E-state index contributed by atoms with van der Waals surface area (Å²) in [4.78, 5) is 5.19. The topological polar surface area (TPSA) is 18.5 Å². The van der Waals surface area contributed by atoms with E-state index >= 15 is 0 Å². The van der Waals surface area contributed by atoms with E-state index in [1.54, 1.807) is 0 Å². The predicted molar refractivity (Wildman–Crippen MR) is 171 cm³/mol. The Hall–Kier alpha value is -2.78. The second-order valence-electron chi connectivity index (χ2n) is 12.9. The lowest BCUT2D eigenvalue weighted by atomic mass is 9.67. The maximum absolute atomic E-state index is 4.87. The molecule has 3 rings (SSSR count). The Balaban J connectivity index is 1.89. The molecule has 0 atom stereocenters. The number of anilines is 1. The van der Waals surface area contributed by atoms with Crippen molar-refractivity contribution in [1.29, 1.82) is 0 Å². The van der Waals surface area contributed by atoms with Crippen LogP contribution in [-0.4, -0.2) is 37.1 Å². The van der Waals surface area contributed by atoms with Gasteiger partial charge in [0.05, 0.1) is 5.54 Å². The Kier molecular flexibility index (Phi) is 10.3. The highest BCUT2D eigenvalue weighted by Gasteiger charge is 2.45. The van der Waals surface area contributed by atoms with Crippen molar-refractivity contribution in [3.63, 3.8) is 0 Å². The highest BCUT2D eigenvalue weighted by Crippen LogP contribution is 2.47. The molecular weight excluding hydrogens is 474 g/mol. The molecule has 39 heavy (non-hydrogen) atoms. The van der Waals surface area contributed by atoms with Gasteiger partial charge < -0.3 is 15.1 Å². The first-order valence-corrected chi connectivity index (χ1v) is 14.8. The van der Waals surface area contributed by atoms with E-state index in [0.717, 1.165) is 63.9 Å². The minimum Gasteiger partial charge on any atom is -0.391 e. The van der Waals surface area contributed by atoms with Gasteiger partial charge in [-0.2, -0.15) is 0 Å². The number of nitrogens with zero attached hydrogens (tertiary/aromatic N) is 2. The van der Waals surface area contributed by atoms with Crippen LogP contribution >= 0.6 is 0 Å². The van der Waals surface area contributed by atoms with Crippen LogP contribution in [0.1, 0.15) is 72.3 Å². The molecule has 2 aromatic carbocycles. The van der Waals surface area contributed by atoms with E-state index in [9.17, 15) is 0 Å². The number of benzene rings is 2. The fourth-order valence-corrected chi connectivity index (χ4v) is 6.73. The summed E-state index contributed by atoms with van der Waals surface area (Å²) in [6.45, 7) is 28.6. The van der Waals surface area contributed by atoms with Crippen LogP contribution in [0.5, 0.6) is 0 Å². The number of piperidine rings is 1. The number of rotatable bonds is 14. The summed E-state index contributed by atoms with van der Waals surface area (Å²) in [5.74, 6) is 0. The lowest BCUT2D eigenvalue weighted by molar-refractivity contribution is 0.162. The van der Waals surface area contributed by atoms with Crippen molar-refractivity contribution >= 4 is 5.69 Å². The number of likely N-dealkylation sites (tertiary alicyclic amines) is 1. The molecule has 0 aromatic heterocycles. The second-order valence-corrected chi connectivity index (χ2v) is 12.9. The first-order chi connectivity index (χ1) is 18.4. The highest BCUT2D eigenvalue weighted by molar-refractivity contribution is 5.58. The predicted octanol–water partition coefficient (Wildman–Crippen LogP) is 8.62. The Morgan fingerprint density at radius 1 is 0.923 bits per heavy atom. The molecule has 0 saturated carbocycles. The molecule has 0 spiro atoms. The molecule has 1 heterocycles. The monoisotopic (exact) mass is 527 g/mol. The van der Waals surface area contributed by atoms with Crippen molar-refractivity contribution in [1.82, 2.24) is 10.2 Å². The number of para-hydroxylation sites is 1. The summed E-state index contributed by atoms with van der Waals surface area (Å²) >= 11 is 0. The molecule has 212 valence electrons. The van der Waals surface area contributed by atoms with Gasteiger partial charge in [0.2, 0.25) is 0 Å². The van der Waals surface area contributed by atoms with Crippen LogP contribution in [0.15, 0.2) is 97.4 Å². The third-order valence-corrected chi connectivity index (χ3v) is 8.80. The molecule has 0 unspecified atom stereocenters. The summed E-state index contributed by atoms with van der Waals surface area (Å²) < 4.78 is 0. The maximum atomic E-state index is 4.87. The zero-order valence-corrected chi connectivity index (χ0v) is 25.7. The molecule has 1 N–H and O–H groups in total. The van der Waals surface area contributed by atoms with E-state index in [-0.39, 0.29) is 16.4 Å². The van der Waals surface area contributed by atoms with Gasteiger partial charge in [-0.25, -0.2) is 0 Å². The van der Waals surface area contributed by atoms with E-state index in [1.807, 2.05) is 7.05 Å². The normalized spacial score (nSPS) is 15.9. The SMILES string of the molecule is C=C(CC)N(c1ccccc1)C1(C(=C)CC(C)(C)CC(C)(C)C(=C)NC)CCN(CCc2ccccc2)CC1. The standard InChI is InChI=1S/C36H53N3/c1-10-30(3)39(33-19-15-12-16-20-33)36(29(2)27-34(5,6)28-35(7,8)31(4)37-9)22-25-38(26-23-36)24-21-32-17-13-11-14-18-32/h11-20,37H,2-4,10,21-28H2,1,5-9H3. The molecule has 1 aliphatic heterocycles. The molecule has 0 bridgehead atoms. The molecule has 0 radical (unpaired) electrons. The van der Waals surface area contributed by atoms with Gasteiger partial charge in [-0.15, -0.1) is 0 Å². The summed E-state index contributed by atoms with van der Waals surface area (Å²) in [5.41, 5.74) is 6.15.